The Hall–Kier alpha value is -2.96. The molecule has 0 spiro atoms. The van der Waals surface area contributed by atoms with Crippen LogP contribution in [0.4, 0.5) is 0 Å². The number of carbonyl (C=O) groups excluding carboxylic acids is 3. The van der Waals surface area contributed by atoms with Crippen LogP contribution in [0.15, 0.2) is 36.5 Å². The quantitative estimate of drug-likeness (QED) is 0.788. The third kappa shape index (κ3) is 1.77. The number of imide groups is 1. The monoisotopic (exact) mass is 351 g/mol. The first-order valence-corrected chi connectivity index (χ1v) is 8.71. The number of nitrogens with zero attached hydrogens (tertiary/aromatic N) is 3. The second-order valence-corrected chi connectivity index (χ2v) is 7.34. The molecule has 7 nitrogen and oxygen atoms in total. The minimum atomic E-state index is -0.583. The number of benzene rings is 1. The maximum absolute atomic E-state index is 12.9. The van der Waals surface area contributed by atoms with Crippen molar-refractivity contribution in [3.05, 3.63) is 53.3 Å². The second kappa shape index (κ2) is 5.03. The Morgan fingerprint density at radius 3 is 2.46 bits per heavy atom. The first-order chi connectivity index (χ1) is 12.5. The molecule has 0 N–H and O–H groups in total. The molecule has 3 fully saturated rings. The summed E-state index contributed by atoms with van der Waals surface area (Å²) in [6.07, 6.45) is 4.46. The first kappa shape index (κ1) is 15.3. The van der Waals surface area contributed by atoms with E-state index in [1.807, 2.05) is 13.1 Å². The highest BCUT2D eigenvalue weighted by Gasteiger charge is 2.65. The van der Waals surface area contributed by atoms with Gasteiger partial charge >= 0.3 is 5.97 Å². The van der Waals surface area contributed by atoms with Gasteiger partial charge in [0.25, 0.3) is 11.8 Å². The second-order valence-electron chi connectivity index (χ2n) is 7.34. The smallest absolute Gasteiger partial charge is 0.329 e. The van der Waals surface area contributed by atoms with Crippen LogP contribution in [-0.4, -0.2) is 32.6 Å². The van der Waals surface area contributed by atoms with Crippen molar-refractivity contribution in [3.63, 3.8) is 0 Å². The Bertz CT molecular complexity index is 926. The molecule has 1 aromatic carbocycles. The maximum Gasteiger partial charge on any atom is 0.337 e. The Balaban J connectivity index is 1.41. The van der Waals surface area contributed by atoms with Crippen LogP contribution in [0.2, 0.25) is 0 Å². The average Bonchev–Trinajstić information content (AvgIpc) is 3.36. The fraction of sp³-hybridized carbons (Fsp3) is 0.368. The van der Waals surface area contributed by atoms with Crippen molar-refractivity contribution in [3.8, 4) is 0 Å². The number of fused-ring (bicyclic) bond motifs is 2. The van der Waals surface area contributed by atoms with E-state index in [-0.39, 0.29) is 28.4 Å². The lowest BCUT2D eigenvalue weighted by Crippen LogP contribution is -2.51. The number of hydrogen-bond donors (Lipinski definition) is 0. The minimum Gasteiger partial charge on any atom is -0.329 e. The molecule has 6 rings (SSSR count). The van der Waals surface area contributed by atoms with Gasteiger partial charge in [0.1, 0.15) is 0 Å². The molecule has 0 saturated heterocycles. The summed E-state index contributed by atoms with van der Waals surface area (Å²) < 4.78 is 1.80. The van der Waals surface area contributed by atoms with Gasteiger partial charge in [0.15, 0.2) is 0 Å². The van der Waals surface area contributed by atoms with Crippen molar-refractivity contribution >= 4 is 17.8 Å². The molecule has 3 atom stereocenters. The zero-order valence-electron chi connectivity index (χ0n) is 14.2. The zero-order chi connectivity index (χ0) is 18.1. The number of aryl methyl sites for hydroxylation is 1. The van der Waals surface area contributed by atoms with Crippen molar-refractivity contribution in [1.82, 2.24) is 14.8 Å². The first-order valence-electron chi connectivity index (χ1n) is 8.71. The van der Waals surface area contributed by atoms with Gasteiger partial charge in [-0.05, 0) is 43.4 Å². The van der Waals surface area contributed by atoms with E-state index in [0.717, 1.165) is 25.0 Å². The zero-order valence-corrected chi connectivity index (χ0v) is 14.2. The van der Waals surface area contributed by atoms with E-state index in [4.69, 9.17) is 4.84 Å². The summed E-state index contributed by atoms with van der Waals surface area (Å²) >= 11 is 0. The highest BCUT2D eigenvalue weighted by Crippen LogP contribution is 2.64. The van der Waals surface area contributed by atoms with Crippen LogP contribution in [0.3, 0.4) is 0 Å². The van der Waals surface area contributed by atoms with E-state index in [1.54, 1.807) is 35.1 Å². The van der Waals surface area contributed by atoms with Crippen LogP contribution in [0.25, 0.3) is 0 Å². The molecule has 2 bridgehead atoms. The summed E-state index contributed by atoms with van der Waals surface area (Å²) in [4.78, 5) is 43.1. The van der Waals surface area contributed by atoms with Gasteiger partial charge in [0.2, 0.25) is 0 Å². The summed E-state index contributed by atoms with van der Waals surface area (Å²) in [6, 6.07) is 8.42. The highest BCUT2D eigenvalue weighted by atomic mass is 16.7. The topological polar surface area (TPSA) is 81.5 Å². The van der Waals surface area contributed by atoms with Crippen LogP contribution < -0.4 is 0 Å². The summed E-state index contributed by atoms with van der Waals surface area (Å²) in [7, 11) is 1.86. The van der Waals surface area contributed by atoms with Crippen LogP contribution in [0, 0.1) is 11.8 Å². The minimum absolute atomic E-state index is 0.229. The number of hydrogen-bond acceptors (Lipinski definition) is 5. The summed E-state index contributed by atoms with van der Waals surface area (Å²) in [5.41, 5.74) is 1.24. The van der Waals surface area contributed by atoms with Gasteiger partial charge in [-0.25, -0.2) is 4.79 Å². The van der Waals surface area contributed by atoms with Crippen LogP contribution in [0.1, 0.15) is 45.7 Å². The molecule has 1 aliphatic heterocycles. The van der Waals surface area contributed by atoms with Crippen molar-refractivity contribution in [1.29, 1.82) is 0 Å². The van der Waals surface area contributed by atoms with E-state index in [2.05, 4.69) is 5.10 Å². The van der Waals surface area contributed by atoms with Gasteiger partial charge in [-0.2, -0.15) is 5.10 Å². The van der Waals surface area contributed by atoms with E-state index in [1.165, 1.54) is 0 Å². The molecule has 0 unspecified atom stereocenters. The highest BCUT2D eigenvalue weighted by molar-refractivity contribution is 6.20. The molecule has 26 heavy (non-hydrogen) atoms. The average molecular weight is 351 g/mol. The Morgan fingerprint density at radius 2 is 1.88 bits per heavy atom. The molecule has 2 amide bonds. The van der Waals surface area contributed by atoms with Crippen molar-refractivity contribution in [2.75, 3.05) is 0 Å². The molecule has 2 aromatic rings. The lowest BCUT2D eigenvalue weighted by Gasteiger charge is -2.45. The molecule has 2 heterocycles. The molecular weight excluding hydrogens is 334 g/mol. The van der Waals surface area contributed by atoms with Crippen molar-refractivity contribution in [2.45, 2.75) is 24.7 Å². The van der Waals surface area contributed by atoms with Crippen molar-refractivity contribution < 1.29 is 19.2 Å². The maximum atomic E-state index is 12.9. The number of rotatable bonds is 3. The summed E-state index contributed by atoms with van der Waals surface area (Å²) in [5, 5.41) is 4.84. The van der Waals surface area contributed by atoms with E-state index >= 15 is 0 Å². The fourth-order valence-electron chi connectivity index (χ4n) is 5.04. The number of amides is 2. The fourth-order valence-corrected chi connectivity index (χ4v) is 5.04. The largest absolute Gasteiger partial charge is 0.337 e. The predicted octanol–water partition coefficient (Wildman–Crippen LogP) is 1.84. The van der Waals surface area contributed by atoms with Gasteiger partial charge in [-0.3, -0.25) is 14.3 Å². The number of aromatic nitrogens is 2. The van der Waals surface area contributed by atoms with Gasteiger partial charge in [-0.1, -0.05) is 17.2 Å². The molecule has 3 aliphatic carbocycles. The van der Waals surface area contributed by atoms with Gasteiger partial charge < -0.3 is 4.84 Å². The summed E-state index contributed by atoms with van der Waals surface area (Å²) in [6.45, 7) is 0. The van der Waals surface area contributed by atoms with Crippen LogP contribution in [0.5, 0.6) is 0 Å². The van der Waals surface area contributed by atoms with Crippen LogP contribution >= 0.6 is 0 Å². The molecule has 4 aliphatic rings. The van der Waals surface area contributed by atoms with E-state index < -0.39 is 17.8 Å². The molecule has 7 heteroatoms. The Morgan fingerprint density at radius 1 is 1.19 bits per heavy atom. The molecule has 1 aromatic heterocycles. The van der Waals surface area contributed by atoms with Crippen molar-refractivity contribution in [2.24, 2.45) is 18.9 Å². The van der Waals surface area contributed by atoms with Gasteiger partial charge in [0, 0.05) is 24.4 Å². The lowest BCUT2D eigenvalue weighted by molar-refractivity contribution is -0.183. The standard InChI is InChI=1S/C19H17N3O4/c1-21-14(7-9-20-21)19-8-6-11(10-19)15(19)18(25)26-22-16(23)12-4-2-3-5-13(12)17(22)24/h2-5,7,9,11,15H,6,8,10H2,1H3/t11-,15+,19+/m0/s1. The van der Waals surface area contributed by atoms with Gasteiger partial charge in [-0.15, -0.1) is 0 Å². The third-order valence-corrected chi connectivity index (χ3v) is 6.18. The molecule has 132 valence electrons. The molecule has 3 saturated carbocycles. The van der Waals surface area contributed by atoms with E-state index in [9.17, 15) is 14.4 Å². The molecule has 0 radical (unpaired) electrons. The number of hydroxylamine groups is 2. The SMILES string of the molecule is Cn1nccc1[C@@]12CC[C@@H](C1)[C@@H]2C(=O)ON1C(=O)c2ccccc2C1=O. The van der Waals surface area contributed by atoms with Gasteiger partial charge in [0.05, 0.1) is 17.0 Å². The third-order valence-electron chi connectivity index (χ3n) is 6.18. The van der Waals surface area contributed by atoms with Crippen LogP contribution in [-0.2, 0) is 22.1 Å². The number of carbonyl (C=O) groups is 3. The lowest BCUT2D eigenvalue weighted by atomic mass is 9.58. The van der Waals surface area contributed by atoms with E-state index in [0.29, 0.717) is 5.06 Å². The normalized spacial score (nSPS) is 28.9. The predicted molar refractivity (Wildman–Crippen MR) is 88.8 cm³/mol. The Kier molecular flexibility index (Phi) is 2.96. The molecular formula is C19H17N3O4. The summed E-state index contributed by atoms with van der Waals surface area (Å²) in [5.74, 6) is -1.79. The Labute approximate surface area is 149 Å².